The highest BCUT2D eigenvalue weighted by molar-refractivity contribution is 14.1. The molecule has 0 fully saturated rings. The third-order valence-corrected chi connectivity index (χ3v) is 3.40. The van der Waals surface area contributed by atoms with Crippen LogP contribution in [0.15, 0.2) is 24.3 Å². The van der Waals surface area contributed by atoms with Gasteiger partial charge in [0, 0.05) is 22.1 Å². The summed E-state index contributed by atoms with van der Waals surface area (Å²) in [6.07, 6.45) is 3.02. The van der Waals surface area contributed by atoms with Crippen molar-refractivity contribution in [1.82, 2.24) is 5.32 Å². The summed E-state index contributed by atoms with van der Waals surface area (Å²) in [5, 5.41) is 2.86. The van der Waals surface area contributed by atoms with Crippen molar-refractivity contribution in [3.05, 3.63) is 33.4 Å². The van der Waals surface area contributed by atoms with Gasteiger partial charge in [0.25, 0.3) is 5.91 Å². The zero-order valence-electron chi connectivity index (χ0n) is 10.9. The van der Waals surface area contributed by atoms with Crippen molar-refractivity contribution >= 4 is 34.5 Å². The van der Waals surface area contributed by atoms with Crippen molar-refractivity contribution < 1.29 is 14.3 Å². The van der Waals surface area contributed by atoms with Crippen LogP contribution >= 0.6 is 22.6 Å². The number of amides is 1. The lowest BCUT2D eigenvalue weighted by atomic mass is 10.2. The highest BCUT2D eigenvalue weighted by atomic mass is 127. The molecule has 0 heterocycles. The van der Waals surface area contributed by atoms with Crippen molar-refractivity contribution in [2.45, 2.75) is 25.7 Å². The highest BCUT2D eigenvalue weighted by Crippen LogP contribution is 2.06. The molecule has 1 amide bonds. The van der Waals surface area contributed by atoms with E-state index in [-0.39, 0.29) is 11.9 Å². The van der Waals surface area contributed by atoms with Crippen LogP contribution in [0.1, 0.15) is 36.0 Å². The third kappa shape index (κ3) is 6.56. The monoisotopic (exact) mass is 375 g/mol. The standard InChI is InChI=1S/C14H18INO3/c1-19-13(17)5-3-2-4-10-16-14(18)11-6-8-12(15)9-7-11/h6-9H,2-5,10H2,1H3,(H,16,18). The summed E-state index contributed by atoms with van der Waals surface area (Å²) in [6, 6.07) is 7.44. The van der Waals surface area contributed by atoms with Gasteiger partial charge in [-0.05, 0) is 59.7 Å². The number of hydrogen-bond donors (Lipinski definition) is 1. The van der Waals surface area contributed by atoms with Crippen molar-refractivity contribution in [1.29, 1.82) is 0 Å². The third-order valence-electron chi connectivity index (χ3n) is 2.68. The molecule has 0 aliphatic rings. The van der Waals surface area contributed by atoms with Gasteiger partial charge in [-0.15, -0.1) is 0 Å². The lowest BCUT2D eigenvalue weighted by Gasteiger charge is -2.05. The molecule has 1 aromatic carbocycles. The Morgan fingerprint density at radius 1 is 1.16 bits per heavy atom. The topological polar surface area (TPSA) is 55.4 Å². The average molecular weight is 375 g/mol. The van der Waals surface area contributed by atoms with E-state index in [4.69, 9.17) is 0 Å². The van der Waals surface area contributed by atoms with Crippen LogP contribution in [-0.2, 0) is 9.53 Å². The summed E-state index contributed by atoms with van der Waals surface area (Å²) in [4.78, 5) is 22.6. The number of hydrogen-bond acceptors (Lipinski definition) is 3. The number of ether oxygens (including phenoxy) is 1. The summed E-state index contributed by atoms with van der Waals surface area (Å²) >= 11 is 2.20. The number of halogens is 1. The molecule has 0 spiro atoms. The lowest BCUT2D eigenvalue weighted by Crippen LogP contribution is -2.24. The van der Waals surface area contributed by atoms with Crippen molar-refractivity contribution in [2.24, 2.45) is 0 Å². The van der Waals surface area contributed by atoms with Crippen LogP contribution in [0.3, 0.4) is 0 Å². The SMILES string of the molecule is COC(=O)CCCCCNC(=O)c1ccc(I)cc1. The molecule has 0 saturated heterocycles. The fourth-order valence-corrected chi connectivity index (χ4v) is 1.94. The maximum absolute atomic E-state index is 11.8. The van der Waals surface area contributed by atoms with Gasteiger partial charge in [-0.2, -0.15) is 0 Å². The van der Waals surface area contributed by atoms with Gasteiger partial charge < -0.3 is 10.1 Å². The minimum atomic E-state index is -0.178. The largest absolute Gasteiger partial charge is 0.469 e. The van der Waals surface area contributed by atoms with Gasteiger partial charge in [-0.3, -0.25) is 9.59 Å². The second-order valence-corrected chi connectivity index (χ2v) is 5.40. The van der Waals surface area contributed by atoms with Gasteiger partial charge in [0.1, 0.15) is 0 Å². The second-order valence-electron chi connectivity index (χ2n) is 4.15. The van der Waals surface area contributed by atoms with E-state index >= 15 is 0 Å². The van der Waals surface area contributed by atoms with Crippen LogP contribution in [0.5, 0.6) is 0 Å². The number of rotatable bonds is 7. The van der Waals surface area contributed by atoms with Crippen molar-refractivity contribution in [3.8, 4) is 0 Å². The van der Waals surface area contributed by atoms with E-state index in [2.05, 4.69) is 32.6 Å². The Morgan fingerprint density at radius 2 is 1.84 bits per heavy atom. The summed E-state index contributed by atoms with van der Waals surface area (Å²) in [5.41, 5.74) is 0.676. The van der Waals surface area contributed by atoms with E-state index in [9.17, 15) is 9.59 Å². The fraction of sp³-hybridized carbons (Fsp3) is 0.429. The molecule has 0 atom stereocenters. The molecule has 104 valence electrons. The molecule has 0 bridgehead atoms. The Bertz CT molecular complexity index is 417. The van der Waals surface area contributed by atoms with Crippen LogP contribution in [0.25, 0.3) is 0 Å². The molecule has 0 radical (unpaired) electrons. The first-order valence-corrected chi connectivity index (χ1v) is 7.32. The van der Waals surface area contributed by atoms with Gasteiger partial charge in [0.05, 0.1) is 7.11 Å². The molecule has 0 saturated carbocycles. The maximum Gasteiger partial charge on any atom is 0.305 e. The van der Waals surface area contributed by atoms with Crippen LogP contribution < -0.4 is 5.32 Å². The van der Waals surface area contributed by atoms with Crippen molar-refractivity contribution in [3.63, 3.8) is 0 Å². The fourth-order valence-electron chi connectivity index (χ4n) is 1.58. The Morgan fingerprint density at radius 3 is 2.47 bits per heavy atom. The number of carbonyl (C=O) groups excluding carboxylic acids is 2. The number of unbranched alkanes of at least 4 members (excludes halogenated alkanes) is 2. The van der Waals surface area contributed by atoms with Gasteiger partial charge in [-0.1, -0.05) is 6.42 Å². The summed E-state index contributed by atoms with van der Waals surface area (Å²) in [5.74, 6) is -0.229. The van der Waals surface area contributed by atoms with Crippen LogP contribution in [0.2, 0.25) is 0 Å². The summed E-state index contributed by atoms with van der Waals surface area (Å²) < 4.78 is 5.66. The van der Waals surface area contributed by atoms with Gasteiger partial charge >= 0.3 is 5.97 Å². The predicted octanol–water partition coefficient (Wildman–Crippen LogP) is 2.75. The summed E-state index contributed by atoms with van der Waals surface area (Å²) in [7, 11) is 1.39. The maximum atomic E-state index is 11.8. The Kier molecular flexibility index (Phi) is 7.47. The molecule has 0 aliphatic carbocycles. The van der Waals surface area contributed by atoms with Crippen molar-refractivity contribution in [2.75, 3.05) is 13.7 Å². The Hall–Kier alpha value is -1.11. The number of esters is 1. The number of methoxy groups -OCH3 is 1. The highest BCUT2D eigenvalue weighted by Gasteiger charge is 2.04. The summed E-state index contributed by atoms with van der Waals surface area (Å²) in [6.45, 7) is 0.631. The van der Waals surface area contributed by atoms with Crippen LogP contribution in [0, 0.1) is 3.57 Å². The smallest absolute Gasteiger partial charge is 0.305 e. The lowest BCUT2D eigenvalue weighted by molar-refractivity contribution is -0.140. The first-order chi connectivity index (χ1) is 9.13. The van der Waals surface area contributed by atoms with Crippen LogP contribution in [-0.4, -0.2) is 25.5 Å². The molecule has 1 rings (SSSR count). The number of carbonyl (C=O) groups is 2. The molecular formula is C14H18INO3. The number of nitrogens with one attached hydrogen (secondary N) is 1. The van der Waals surface area contributed by atoms with Crippen LogP contribution in [0.4, 0.5) is 0 Å². The molecule has 5 heteroatoms. The van der Waals surface area contributed by atoms with Gasteiger partial charge in [-0.25, -0.2) is 0 Å². The first-order valence-electron chi connectivity index (χ1n) is 6.24. The molecule has 0 aromatic heterocycles. The molecule has 19 heavy (non-hydrogen) atoms. The molecule has 0 aliphatic heterocycles. The zero-order valence-corrected chi connectivity index (χ0v) is 13.1. The average Bonchev–Trinajstić information content (AvgIpc) is 2.42. The normalized spacial score (nSPS) is 10.0. The van der Waals surface area contributed by atoms with E-state index in [1.165, 1.54) is 7.11 Å². The minimum Gasteiger partial charge on any atom is -0.469 e. The van der Waals surface area contributed by atoms with Gasteiger partial charge in [0.2, 0.25) is 0 Å². The quantitative estimate of drug-likeness (QED) is 0.453. The molecular weight excluding hydrogens is 357 g/mol. The number of benzene rings is 1. The second kappa shape index (κ2) is 8.90. The molecule has 0 unspecified atom stereocenters. The van der Waals surface area contributed by atoms with Gasteiger partial charge in [0.15, 0.2) is 0 Å². The van der Waals surface area contributed by atoms with E-state index in [0.29, 0.717) is 18.5 Å². The zero-order chi connectivity index (χ0) is 14.1. The molecule has 1 N–H and O–H groups in total. The molecule has 1 aromatic rings. The van der Waals surface area contributed by atoms with E-state index in [1.54, 1.807) is 0 Å². The molecule has 4 nitrogen and oxygen atoms in total. The van der Waals surface area contributed by atoms with E-state index < -0.39 is 0 Å². The minimum absolute atomic E-state index is 0.0515. The van der Waals surface area contributed by atoms with E-state index in [0.717, 1.165) is 22.8 Å². The Balaban J connectivity index is 2.14. The Labute approximate surface area is 127 Å². The van der Waals surface area contributed by atoms with E-state index in [1.807, 2.05) is 24.3 Å². The first kappa shape index (κ1) is 15.9. The predicted molar refractivity (Wildman–Crippen MR) is 82.0 cm³/mol.